The number of rotatable bonds is 8. The quantitative estimate of drug-likeness (QED) is 0.777. The van der Waals surface area contributed by atoms with E-state index in [1.54, 1.807) is 6.92 Å². The minimum Gasteiger partial charge on any atom is -0.480 e. The molecule has 106 valence electrons. The van der Waals surface area contributed by atoms with E-state index >= 15 is 0 Å². The molecule has 3 heteroatoms. The second-order valence-corrected chi connectivity index (χ2v) is 4.98. The molecular weight excluding hydrogens is 238 g/mol. The van der Waals surface area contributed by atoms with Gasteiger partial charge in [-0.3, -0.25) is 0 Å². The Morgan fingerprint density at radius 2 is 1.84 bits per heavy atom. The largest absolute Gasteiger partial charge is 0.480 e. The van der Waals surface area contributed by atoms with Crippen LogP contribution >= 0.6 is 0 Å². The second kappa shape index (κ2) is 7.82. The fourth-order valence-corrected chi connectivity index (χ4v) is 2.16. The monoisotopic (exact) mass is 263 g/mol. The van der Waals surface area contributed by atoms with Crippen molar-refractivity contribution in [2.45, 2.75) is 52.5 Å². The molecule has 0 aromatic heterocycles. The molecule has 0 aliphatic heterocycles. The molecule has 0 aliphatic rings. The zero-order valence-corrected chi connectivity index (χ0v) is 12.2. The number of aryl methyl sites for hydroxylation is 1. The molecule has 0 fully saturated rings. The predicted molar refractivity (Wildman–Crippen MR) is 79.8 cm³/mol. The number of hydrogen-bond donors (Lipinski definition) is 1. The molecule has 0 unspecified atom stereocenters. The highest BCUT2D eigenvalue weighted by Gasteiger charge is 2.19. The van der Waals surface area contributed by atoms with Gasteiger partial charge in [0.15, 0.2) is 0 Å². The molecule has 19 heavy (non-hydrogen) atoms. The van der Waals surface area contributed by atoms with Crippen molar-refractivity contribution >= 4 is 11.7 Å². The number of aliphatic carboxylic acids is 1. The smallest absolute Gasteiger partial charge is 0.326 e. The fraction of sp³-hybridized carbons (Fsp3) is 0.562. The Morgan fingerprint density at radius 3 is 2.32 bits per heavy atom. The molecule has 1 aromatic carbocycles. The van der Waals surface area contributed by atoms with E-state index in [0.29, 0.717) is 0 Å². The SMILES string of the molecule is CCCCc1ccc(N(CCC)[C@@H](C)C(=O)O)cc1. The minimum atomic E-state index is -0.775. The molecule has 0 amide bonds. The molecular formula is C16H25NO2. The predicted octanol–water partition coefficient (Wildman–Crippen LogP) is 3.72. The third-order valence-electron chi connectivity index (χ3n) is 3.38. The number of hydrogen-bond acceptors (Lipinski definition) is 2. The van der Waals surface area contributed by atoms with Gasteiger partial charge < -0.3 is 10.0 Å². The Bertz CT molecular complexity index is 386. The van der Waals surface area contributed by atoms with Crippen LogP contribution in [0.5, 0.6) is 0 Å². The van der Waals surface area contributed by atoms with Gasteiger partial charge in [0.05, 0.1) is 0 Å². The highest BCUT2D eigenvalue weighted by Crippen LogP contribution is 2.19. The maximum atomic E-state index is 11.2. The number of unbranched alkanes of at least 4 members (excludes halogenated alkanes) is 1. The van der Waals surface area contributed by atoms with Crippen molar-refractivity contribution < 1.29 is 9.90 Å². The third kappa shape index (κ3) is 4.58. The fourth-order valence-electron chi connectivity index (χ4n) is 2.16. The first kappa shape index (κ1) is 15.5. The molecule has 0 spiro atoms. The van der Waals surface area contributed by atoms with Gasteiger partial charge in [-0.15, -0.1) is 0 Å². The van der Waals surface area contributed by atoms with Crippen LogP contribution < -0.4 is 4.90 Å². The van der Waals surface area contributed by atoms with Crippen LogP contribution in [0.15, 0.2) is 24.3 Å². The van der Waals surface area contributed by atoms with E-state index in [4.69, 9.17) is 5.11 Å². The lowest BCUT2D eigenvalue weighted by Crippen LogP contribution is -2.39. The van der Waals surface area contributed by atoms with Gasteiger partial charge in [-0.25, -0.2) is 4.79 Å². The van der Waals surface area contributed by atoms with Crippen molar-refractivity contribution in [3.05, 3.63) is 29.8 Å². The van der Waals surface area contributed by atoms with Crippen molar-refractivity contribution in [3.8, 4) is 0 Å². The van der Waals surface area contributed by atoms with E-state index in [1.165, 1.54) is 18.4 Å². The van der Waals surface area contributed by atoms with Crippen LogP contribution in [-0.2, 0) is 11.2 Å². The van der Waals surface area contributed by atoms with Gasteiger partial charge in [0.1, 0.15) is 6.04 Å². The van der Waals surface area contributed by atoms with Crippen molar-refractivity contribution in [2.75, 3.05) is 11.4 Å². The Labute approximate surface area is 116 Å². The van der Waals surface area contributed by atoms with E-state index in [0.717, 1.165) is 25.1 Å². The summed E-state index contributed by atoms with van der Waals surface area (Å²) in [5.41, 5.74) is 2.32. The van der Waals surface area contributed by atoms with E-state index in [-0.39, 0.29) is 0 Å². The summed E-state index contributed by atoms with van der Waals surface area (Å²) in [6.45, 7) is 6.76. The van der Waals surface area contributed by atoms with Crippen LogP contribution in [0, 0.1) is 0 Å². The average molecular weight is 263 g/mol. The Morgan fingerprint density at radius 1 is 1.21 bits per heavy atom. The van der Waals surface area contributed by atoms with Gasteiger partial charge in [0.2, 0.25) is 0 Å². The zero-order chi connectivity index (χ0) is 14.3. The summed E-state index contributed by atoms with van der Waals surface area (Å²) in [6, 6.07) is 7.83. The lowest BCUT2D eigenvalue weighted by atomic mass is 10.1. The molecule has 0 aliphatic carbocycles. The lowest BCUT2D eigenvalue weighted by molar-refractivity contribution is -0.138. The normalized spacial score (nSPS) is 12.2. The summed E-state index contributed by atoms with van der Waals surface area (Å²) >= 11 is 0. The second-order valence-electron chi connectivity index (χ2n) is 4.98. The third-order valence-corrected chi connectivity index (χ3v) is 3.38. The summed E-state index contributed by atoms with van der Waals surface area (Å²) in [7, 11) is 0. The molecule has 3 nitrogen and oxygen atoms in total. The van der Waals surface area contributed by atoms with Gasteiger partial charge in [-0.2, -0.15) is 0 Å². The first-order chi connectivity index (χ1) is 9.10. The highest BCUT2D eigenvalue weighted by atomic mass is 16.4. The molecule has 0 bridgehead atoms. The van der Waals surface area contributed by atoms with Gasteiger partial charge in [0.25, 0.3) is 0 Å². The molecule has 1 atom stereocenters. The van der Waals surface area contributed by atoms with Crippen LogP contribution in [-0.4, -0.2) is 23.7 Å². The van der Waals surface area contributed by atoms with Crippen molar-refractivity contribution in [2.24, 2.45) is 0 Å². The summed E-state index contributed by atoms with van der Waals surface area (Å²) in [6.07, 6.45) is 4.43. The Kier molecular flexibility index (Phi) is 6.40. The van der Waals surface area contributed by atoms with Crippen molar-refractivity contribution in [1.82, 2.24) is 0 Å². The molecule has 0 saturated heterocycles. The Balaban J connectivity index is 2.82. The van der Waals surface area contributed by atoms with E-state index in [1.807, 2.05) is 17.0 Å². The standard InChI is InChI=1S/C16H25NO2/c1-4-6-7-14-8-10-15(11-9-14)17(12-5-2)13(3)16(18)19/h8-11,13H,4-7,12H2,1-3H3,(H,18,19)/t13-/m0/s1. The summed E-state index contributed by atoms with van der Waals surface area (Å²) in [5, 5.41) is 9.17. The summed E-state index contributed by atoms with van der Waals surface area (Å²) < 4.78 is 0. The molecule has 0 heterocycles. The summed E-state index contributed by atoms with van der Waals surface area (Å²) in [5.74, 6) is -0.775. The highest BCUT2D eigenvalue weighted by molar-refractivity contribution is 5.77. The van der Waals surface area contributed by atoms with E-state index in [9.17, 15) is 4.79 Å². The van der Waals surface area contributed by atoms with Gasteiger partial charge in [0, 0.05) is 12.2 Å². The van der Waals surface area contributed by atoms with Crippen molar-refractivity contribution in [3.63, 3.8) is 0 Å². The average Bonchev–Trinajstić information content (AvgIpc) is 2.42. The first-order valence-corrected chi connectivity index (χ1v) is 7.18. The molecule has 1 N–H and O–H groups in total. The maximum absolute atomic E-state index is 11.2. The van der Waals surface area contributed by atoms with Crippen LogP contribution in [0.3, 0.4) is 0 Å². The lowest BCUT2D eigenvalue weighted by Gasteiger charge is -2.28. The number of benzene rings is 1. The first-order valence-electron chi connectivity index (χ1n) is 7.18. The van der Waals surface area contributed by atoms with Crippen molar-refractivity contribution in [1.29, 1.82) is 0 Å². The molecule has 0 saturated carbocycles. The van der Waals surface area contributed by atoms with Gasteiger partial charge in [-0.05, 0) is 43.9 Å². The number of carboxylic acid groups (broad SMARTS) is 1. The zero-order valence-electron chi connectivity index (χ0n) is 12.2. The van der Waals surface area contributed by atoms with Crippen LogP contribution in [0.25, 0.3) is 0 Å². The van der Waals surface area contributed by atoms with E-state index < -0.39 is 12.0 Å². The number of anilines is 1. The van der Waals surface area contributed by atoms with Crippen LogP contribution in [0.4, 0.5) is 5.69 Å². The Hall–Kier alpha value is -1.51. The topological polar surface area (TPSA) is 40.5 Å². The molecule has 1 rings (SSSR count). The number of carbonyl (C=O) groups is 1. The van der Waals surface area contributed by atoms with Gasteiger partial charge in [-0.1, -0.05) is 32.4 Å². The number of nitrogens with zero attached hydrogens (tertiary/aromatic N) is 1. The minimum absolute atomic E-state index is 0.485. The summed E-state index contributed by atoms with van der Waals surface area (Å²) in [4.78, 5) is 13.1. The maximum Gasteiger partial charge on any atom is 0.326 e. The number of carboxylic acids is 1. The van der Waals surface area contributed by atoms with E-state index in [2.05, 4.69) is 26.0 Å². The van der Waals surface area contributed by atoms with Crippen LogP contribution in [0.1, 0.15) is 45.6 Å². The van der Waals surface area contributed by atoms with Gasteiger partial charge >= 0.3 is 5.97 Å². The molecule has 1 aromatic rings. The van der Waals surface area contributed by atoms with Crippen LogP contribution in [0.2, 0.25) is 0 Å². The molecule has 0 radical (unpaired) electrons.